The first-order valence-corrected chi connectivity index (χ1v) is 6.88. The smallest absolute Gasteiger partial charge is 0.0558 e. The molecule has 0 amide bonds. The summed E-state index contributed by atoms with van der Waals surface area (Å²) in [5, 5.41) is 1.50. The van der Waals surface area contributed by atoms with Gasteiger partial charge in [0.15, 0.2) is 0 Å². The predicted octanol–water partition coefficient (Wildman–Crippen LogP) is 4.58. The van der Waals surface area contributed by atoms with E-state index in [-0.39, 0.29) is 6.04 Å². The highest BCUT2D eigenvalue weighted by molar-refractivity contribution is 6.31. The Morgan fingerprint density at radius 1 is 1.21 bits per heavy atom. The van der Waals surface area contributed by atoms with Crippen LogP contribution in [0, 0.1) is 0 Å². The second-order valence-corrected chi connectivity index (χ2v) is 5.42. The van der Waals surface area contributed by atoms with Crippen LogP contribution in [-0.4, -0.2) is 16.9 Å². The van der Waals surface area contributed by atoms with Crippen molar-refractivity contribution in [3.63, 3.8) is 0 Å². The van der Waals surface area contributed by atoms with E-state index in [1.165, 1.54) is 0 Å². The monoisotopic (exact) mass is 294 g/mol. The minimum Gasteiger partial charge on any atom is -0.294 e. The second-order valence-electron chi connectivity index (χ2n) is 4.58. The quantitative estimate of drug-likeness (QED) is 0.820. The van der Waals surface area contributed by atoms with E-state index in [0.717, 1.165) is 22.8 Å². The molecule has 1 atom stereocenters. The Balaban J connectivity index is 2.12. The molecular weight excluding hydrogens is 279 g/mol. The lowest BCUT2D eigenvalue weighted by molar-refractivity contribution is 0.250. The molecule has 0 saturated heterocycles. The summed E-state index contributed by atoms with van der Waals surface area (Å²) < 4.78 is 0. The maximum Gasteiger partial charge on any atom is 0.0558 e. The molecule has 19 heavy (non-hydrogen) atoms. The molecule has 100 valence electrons. The van der Waals surface area contributed by atoms with Crippen molar-refractivity contribution in [1.29, 1.82) is 0 Å². The number of hydrogen-bond donors (Lipinski definition) is 0. The molecule has 1 unspecified atom stereocenters. The Bertz CT molecular complexity index is 557. The second kappa shape index (κ2) is 6.38. The number of pyridine rings is 1. The third kappa shape index (κ3) is 3.69. The summed E-state index contributed by atoms with van der Waals surface area (Å²) >= 11 is 12.2. The molecule has 0 aliphatic heterocycles. The lowest BCUT2D eigenvalue weighted by atomic mass is 10.1. The van der Waals surface area contributed by atoms with Crippen molar-refractivity contribution in [2.75, 3.05) is 7.05 Å². The standard InChI is InChI=1S/C15H16Cl2N2/c1-11(14-5-3-4-6-15(14)17)19(2)10-13-9-12(16)7-8-18-13/h3-9,11H,10H2,1-2H3. The minimum atomic E-state index is 0.217. The summed E-state index contributed by atoms with van der Waals surface area (Å²) in [6.45, 7) is 2.86. The molecule has 0 spiro atoms. The van der Waals surface area contributed by atoms with Crippen LogP contribution in [0.15, 0.2) is 42.6 Å². The summed E-state index contributed by atoms with van der Waals surface area (Å²) in [7, 11) is 2.05. The molecule has 1 aromatic carbocycles. The fourth-order valence-electron chi connectivity index (χ4n) is 1.98. The van der Waals surface area contributed by atoms with Crippen LogP contribution in [0.4, 0.5) is 0 Å². The van der Waals surface area contributed by atoms with E-state index in [0.29, 0.717) is 5.02 Å². The highest BCUT2D eigenvalue weighted by atomic mass is 35.5. The van der Waals surface area contributed by atoms with Crippen LogP contribution in [0.3, 0.4) is 0 Å². The van der Waals surface area contributed by atoms with Crippen molar-refractivity contribution >= 4 is 23.2 Å². The molecule has 0 saturated carbocycles. The van der Waals surface area contributed by atoms with Crippen molar-refractivity contribution < 1.29 is 0 Å². The Morgan fingerprint density at radius 3 is 2.63 bits per heavy atom. The van der Waals surface area contributed by atoms with Crippen LogP contribution in [0.25, 0.3) is 0 Å². The largest absolute Gasteiger partial charge is 0.294 e. The van der Waals surface area contributed by atoms with Gasteiger partial charge in [-0.1, -0.05) is 41.4 Å². The zero-order chi connectivity index (χ0) is 13.8. The molecule has 1 heterocycles. The minimum absolute atomic E-state index is 0.217. The van der Waals surface area contributed by atoms with Crippen molar-refractivity contribution in [3.05, 3.63) is 63.9 Å². The molecule has 1 aromatic heterocycles. The van der Waals surface area contributed by atoms with Gasteiger partial charge in [0.1, 0.15) is 0 Å². The van der Waals surface area contributed by atoms with Crippen molar-refractivity contribution in [1.82, 2.24) is 9.88 Å². The number of halogens is 2. The van der Waals surface area contributed by atoms with E-state index < -0.39 is 0 Å². The molecule has 0 aliphatic rings. The molecule has 0 bridgehead atoms. The Morgan fingerprint density at radius 2 is 1.95 bits per heavy atom. The van der Waals surface area contributed by atoms with Gasteiger partial charge in [-0.3, -0.25) is 9.88 Å². The number of hydrogen-bond acceptors (Lipinski definition) is 2. The van der Waals surface area contributed by atoms with Crippen LogP contribution >= 0.6 is 23.2 Å². The van der Waals surface area contributed by atoms with Crippen LogP contribution in [0.1, 0.15) is 24.2 Å². The molecule has 2 aromatic rings. The van der Waals surface area contributed by atoms with Crippen molar-refractivity contribution in [2.45, 2.75) is 19.5 Å². The predicted molar refractivity (Wildman–Crippen MR) is 80.6 cm³/mol. The summed E-state index contributed by atoms with van der Waals surface area (Å²) in [6.07, 6.45) is 1.73. The van der Waals surface area contributed by atoms with E-state index in [1.54, 1.807) is 12.3 Å². The van der Waals surface area contributed by atoms with Crippen LogP contribution < -0.4 is 0 Å². The van der Waals surface area contributed by atoms with Crippen LogP contribution in [0.5, 0.6) is 0 Å². The molecule has 0 N–H and O–H groups in total. The highest BCUT2D eigenvalue weighted by Crippen LogP contribution is 2.27. The lowest BCUT2D eigenvalue weighted by Gasteiger charge is -2.25. The molecule has 2 nitrogen and oxygen atoms in total. The van der Waals surface area contributed by atoms with Crippen molar-refractivity contribution in [3.8, 4) is 0 Å². The van der Waals surface area contributed by atoms with Gasteiger partial charge in [0, 0.05) is 28.8 Å². The molecule has 2 rings (SSSR count). The molecular formula is C15H16Cl2N2. The maximum atomic E-state index is 6.23. The summed E-state index contributed by atoms with van der Waals surface area (Å²) in [6, 6.07) is 11.8. The Kier molecular flexibility index (Phi) is 4.81. The van der Waals surface area contributed by atoms with E-state index in [2.05, 4.69) is 29.9 Å². The molecule has 4 heteroatoms. The van der Waals surface area contributed by atoms with E-state index in [9.17, 15) is 0 Å². The van der Waals surface area contributed by atoms with Gasteiger partial charge in [0.25, 0.3) is 0 Å². The third-order valence-corrected chi connectivity index (χ3v) is 3.79. The Labute approximate surface area is 124 Å². The van der Waals surface area contributed by atoms with Gasteiger partial charge in [-0.05, 0) is 37.7 Å². The number of rotatable bonds is 4. The van der Waals surface area contributed by atoms with Gasteiger partial charge in [-0.25, -0.2) is 0 Å². The summed E-state index contributed by atoms with van der Waals surface area (Å²) in [5.74, 6) is 0. The van der Waals surface area contributed by atoms with E-state index >= 15 is 0 Å². The van der Waals surface area contributed by atoms with Gasteiger partial charge in [0.2, 0.25) is 0 Å². The van der Waals surface area contributed by atoms with Crippen LogP contribution in [0.2, 0.25) is 10.0 Å². The van der Waals surface area contributed by atoms with Crippen LogP contribution in [-0.2, 0) is 6.54 Å². The molecule has 0 aliphatic carbocycles. The maximum absolute atomic E-state index is 6.23. The normalized spacial score (nSPS) is 12.7. The SMILES string of the molecule is CC(c1ccccc1Cl)N(C)Cc1cc(Cl)ccn1. The lowest BCUT2D eigenvalue weighted by Crippen LogP contribution is -2.22. The number of aromatic nitrogens is 1. The first kappa shape index (κ1) is 14.3. The topological polar surface area (TPSA) is 16.1 Å². The summed E-state index contributed by atoms with van der Waals surface area (Å²) in [4.78, 5) is 6.51. The van der Waals surface area contributed by atoms with E-state index in [4.69, 9.17) is 23.2 Å². The average Bonchev–Trinajstić information content (AvgIpc) is 2.38. The zero-order valence-electron chi connectivity index (χ0n) is 11.0. The number of nitrogens with zero attached hydrogens (tertiary/aromatic N) is 2. The fourth-order valence-corrected chi connectivity index (χ4v) is 2.45. The average molecular weight is 295 g/mol. The van der Waals surface area contributed by atoms with Gasteiger partial charge in [-0.15, -0.1) is 0 Å². The highest BCUT2D eigenvalue weighted by Gasteiger charge is 2.15. The summed E-state index contributed by atoms with van der Waals surface area (Å²) in [5.41, 5.74) is 2.07. The third-order valence-electron chi connectivity index (χ3n) is 3.21. The zero-order valence-corrected chi connectivity index (χ0v) is 12.5. The molecule has 0 radical (unpaired) electrons. The Hall–Kier alpha value is -1.09. The first-order chi connectivity index (χ1) is 9.08. The van der Waals surface area contributed by atoms with Crippen molar-refractivity contribution in [2.24, 2.45) is 0 Å². The van der Waals surface area contributed by atoms with Gasteiger partial charge >= 0.3 is 0 Å². The number of benzene rings is 1. The van der Waals surface area contributed by atoms with Gasteiger partial charge in [-0.2, -0.15) is 0 Å². The van der Waals surface area contributed by atoms with Gasteiger partial charge in [0.05, 0.1) is 5.69 Å². The fraction of sp³-hybridized carbons (Fsp3) is 0.267. The first-order valence-electron chi connectivity index (χ1n) is 6.13. The molecule has 0 fully saturated rings. The van der Waals surface area contributed by atoms with E-state index in [1.807, 2.05) is 24.3 Å². The van der Waals surface area contributed by atoms with Gasteiger partial charge < -0.3 is 0 Å².